The molecule has 0 atom stereocenters. The first-order valence-electron chi connectivity index (χ1n) is 3.66. The molecule has 3 heteroatoms. The Kier molecular flexibility index (Phi) is 2.68. The Morgan fingerprint density at radius 1 is 1.30 bits per heavy atom. The molecular weight excluding hydrogens is 128 g/mol. The first-order chi connectivity index (χ1) is 4.79. The van der Waals surface area contributed by atoms with Crippen LogP contribution in [0.3, 0.4) is 0 Å². The van der Waals surface area contributed by atoms with Crippen molar-refractivity contribution in [1.29, 1.82) is 0 Å². The Hall–Kier alpha value is -0.570. The van der Waals surface area contributed by atoms with Gasteiger partial charge in [-0.1, -0.05) is 6.42 Å². The van der Waals surface area contributed by atoms with Crippen LogP contribution in [-0.4, -0.2) is 24.0 Å². The van der Waals surface area contributed by atoms with E-state index in [9.17, 15) is 4.79 Å². The van der Waals surface area contributed by atoms with Crippen LogP contribution in [0.15, 0.2) is 0 Å². The largest absolute Gasteiger partial charge is 0.289 e. The highest BCUT2D eigenvalue weighted by Crippen LogP contribution is 2.05. The maximum absolute atomic E-state index is 10.4. The maximum Gasteiger partial charge on any atom is 0.234 e. The summed E-state index contributed by atoms with van der Waals surface area (Å²) in [7, 11) is 0. The fourth-order valence-electron chi connectivity index (χ4n) is 1.18. The molecule has 0 aliphatic carbocycles. The van der Waals surface area contributed by atoms with Crippen LogP contribution in [0.5, 0.6) is 0 Å². The molecule has 0 bridgehead atoms. The minimum Gasteiger partial charge on any atom is -0.289 e. The molecule has 3 nitrogen and oxygen atoms in total. The number of hydrogen-bond donors (Lipinski definition) is 1. The molecule has 0 saturated carbocycles. The molecule has 1 aliphatic rings. The zero-order chi connectivity index (χ0) is 7.40. The average molecular weight is 141 g/mol. The van der Waals surface area contributed by atoms with E-state index in [1.54, 1.807) is 0 Å². The molecule has 0 spiro atoms. The molecule has 57 valence electrons. The lowest BCUT2D eigenvalue weighted by atomic mass is 10.2. The maximum atomic E-state index is 10.4. The van der Waals surface area contributed by atoms with Gasteiger partial charge in [0.1, 0.15) is 0 Å². The smallest absolute Gasteiger partial charge is 0.234 e. The predicted octanol–water partition coefficient (Wildman–Crippen LogP) is 0.338. The van der Waals surface area contributed by atoms with Crippen molar-refractivity contribution in [2.45, 2.75) is 19.3 Å². The quantitative estimate of drug-likeness (QED) is 0.571. The van der Waals surface area contributed by atoms with E-state index in [1.165, 1.54) is 19.3 Å². The summed E-state index contributed by atoms with van der Waals surface area (Å²) >= 11 is 0. The summed E-state index contributed by atoms with van der Waals surface area (Å²) in [6.45, 7) is 5.19. The molecule has 1 N–H and O–H groups in total. The first kappa shape index (κ1) is 7.54. The number of carbonyl (C=O) groups is 1. The fraction of sp³-hybridized carbons (Fsp3) is 0.714. The first-order valence-corrected chi connectivity index (χ1v) is 3.66. The van der Waals surface area contributed by atoms with E-state index in [-0.39, 0.29) is 5.91 Å². The summed E-state index contributed by atoms with van der Waals surface area (Å²) in [5.74, 6) is -0.207. The molecule has 0 aromatic heterocycles. The van der Waals surface area contributed by atoms with Crippen LogP contribution in [0.1, 0.15) is 19.3 Å². The van der Waals surface area contributed by atoms with E-state index in [0.29, 0.717) is 0 Å². The monoisotopic (exact) mass is 141 g/mol. The molecule has 1 radical (unpaired) electrons. The van der Waals surface area contributed by atoms with Gasteiger partial charge in [0.2, 0.25) is 5.91 Å². The van der Waals surface area contributed by atoms with Crippen molar-refractivity contribution in [3.8, 4) is 0 Å². The molecule has 1 rings (SSSR count). The second-order valence-electron chi connectivity index (χ2n) is 2.58. The van der Waals surface area contributed by atoms with Gasteiger partial charge in [0, 0.05) is 20.0 Å². The van der Waals surface area contributed by atoms with Gasteiger partial charge in [-0.3, -0.25) is 10.2 Å². The van der Waals surface area contributed by atoms with Crippen LogP contribution in [-0.2, 0) is 4.79 Å². The zero-order valence-electron chi connectivity index (χ0n) is 6.10. The number of hydrogen-bond acceptors (Lipinski definition) is 2. The molecule has 10 heavy (non-hydrogen) atoms. The van der Waals surface area contributed by atoms with Crippen molar-refractivity contribution < 1.29 is 4.79 Å². The van der Waals surface area contributed by atoms with Crippen molar-refractivity contribution in [3.05, 3.63) is 6.92 Å². The highest BCUT2D eigenvalue weighted by Gasteiger charge is 2.09. The second-order valence-corrected chi connectivity index (χ2v) is 2.58. The summed E-state index contributed by atoms with van der Waals surface area (Å²) < 4.78 is 0. The normalized spacial score (nSPS) is 20.5. The highest BCUT2D eigenvalue weighted by atomic mass is 16.2. The lowest BCUT2D eigenvalue weighted by Gasteiger charge is -2.25. The molecule has 1 amide bonds. The summed E-state index contributed by atoms with van der Waals surface area (Å²) in [5, 5.41) is 1.93. The number of carbonyl (C=O) groups excluding carboxylic acids is 1. The second kappa shape index (κ2) is 3.56. The Balaban J connectivity index is 2.19. The van der Waals surface area contributed by atoms with E-state index in [2.05, 4.69) is 12.3 Å². The highest BCUT2D eigenvalue weighted by molar-refractivity contribution is 5.79. The SMILES string of the molecule is [CH2]C(=O)NN1CCCCC1. The van der Waals surface area contributed by atoms with Crippen molar-refractivity contribution >= 4 is 5.91 Å². The number of nitrogens with zero attached hydrogens (tertiary/aromatic N) is 1. The van der Waals surface area contributed by atoms with Gasteiger partial charge in [-0.05, 0) is 12.8 Å². The topological polar surface area (TPSA) is 32.3 Å². The van der Waals surface area contributed by atoms with Gasteiger partial charge >= 0.3 is 0 Å². The minimum atomic E-state index is -0.207. The number of rotatable bonds is 1. The van der Waals surface area contributed by atoms with Crippen LogP contribution in [0.25, 0.3) is 0 Å². The van der Waals surface area contributed by atoms with Gasteiger partial charge in [-0.2, -0.15) is 0 Å². The van der Waals surface area contributed by atoms with E-state index in [1.807, 2.05) is 5.01 Å². The molecule has 1 fully saturated rings. The molecule has 0 aromatic rings. The van der Waals surface area contributed by atoms with Crippen LogP contribution >= 0.6 is 0 Å². The van der Waals surface area contributed by atoms with Crippen molar-refractivity contribution in [2.24, 2.45) is 0 Å². The molecule has 0 aromatic carbocycles. The number of nitrogens with one attached hydrogen (secondary N) is 1. The zero-order valence-corrected chi connectivity index (χ0v) is 6.10. The summed E-state index contributed by atoms with van der Waals surface area (Å²) in [5.41, 5.74) is 2.66. The standard InChI is InChI=1S/C7H13N2O/c1-7(10)8-9-5-3-2-4-6-9/h1-6H2,(H,8,10). The summed E-state index contributed by atoms with van der Waals surface area (Å²) in [4.78, 5) is 10.4. The van der Waals surface area contributed by atoms with Crippen molar-refractivity contribution in [2.75, 3.05) is 13.1 Å². The van der Waals surface area contributed by atoms with Gasteiger partial charge in [0.15, 0.2) is 0 Å². The van der Waals surface area contributed by atoms with Crippen LogP contribution < -0.4 is 5.43 Å². The van der Waals surface area contributed by atoms with Crippen LogP contribution in [0.4, 0.5) is 0 Å². The Morgan fingerprint density at radius 3 is 2.40 bits per heavy atom. The van der Waals surface area contributed by atoms with Crippen LogP contribution in [0.2, 0.25) is 0 Å². The third-order valence-electron chi connectivity index (χ3n) is 1.64. The van der Waals surface area contributed by atoms with Gasteiger partial charge in [0.05, 0.1) is 0 Å². The van der Waals surface area contributed by atoms with E-state index in [4.69, 9.17) is 0 Å². The lowest BCUT2D eigenvalue weighted by Crippen LogP contribution is -2.44. The summed E-state index contributed by atoms with van der Waals surface area (Å²) in [6.07, 6.45) is 3.64. The third-order valence-corrected chi connectivity index (χ3v) is 1.64. The van der Waals surface area contributed by atoms with E-state index < -0.39 is 0 Å². The summed E-state index contributed by atoms with van der Waals surface area (Å²) in [6, 6.07) is 0. The molecule has 1 heterocycles. The Labute approximate surface area is 61.4 Å². The van der Waals surface area contributed by atoms with Crippen molar-refractivity contribution in [1.82, 2.24) is 10.4 Å². The minimum absolute atomic E-state index is 0.207. The van der Waals surface area contributed by atoms with E-state index in [0.717, 1.165) is 13.1 Å². The van der Waals surface area contributed by atoms with Gasteiger partial charge in [-0.25, -0.2) is 5.01 Å². The lowest BCUT2D eigenvalue weighted by molar-refractivity contribution is -0.121. The third kappa shape index (κ3) is 2.35. The van der Waals surface area contributed by atoms with Gasteiger partial charge in [0.25, 0.3) is 0 Å². The number of hydrazine groups is 1. The molecular formula is C7H13N2O. The van der Waals surface area contributed by atoms with Gasteiger partial charge in [-0.15, -0.1) is 0 Å². The molecule has 1 aliphatic heterocycles. The van der Waals surface area contributed by atoms with Gasteiger partial charge < -0.3 is 0 Å². The molecule has 0 unspecified atom stereocenters. The number of amides is 1. The number of piperidine rings is 1. The average Bonchev–Trinajstić information content (AvgIpc) is 1.88. The Bertz CT molecular complexity index is 119. The Morgan fingerprint density at radius 2 is 1.90 bits per heavy atom. The predicted molar refractivity (Wildman–Crippen MR) is 38.9 cm³/mol. The van der Waals surface area contributed by atoms with E-state index >= 15 is 0 Å². The fourth-order valence-corrected chi connectivity index (χ4v) is 1.18. The van der Waals surface area contributed by atoms with Crippen LogP contribution in [0, 0.1) is 6.92 Å². The van der Waals surface area contributed by atoms with Crippen molar-refractivity contribution in [3.63, 3.8) is 0 Å². The molecule has 1 saturated heterocycles.